The van der Waals surface area contributed by atoms with Crippen LogP contribution in [-0.2, 0) is 6.61 Å². The molecule has 4 aromatic heterocycles. The van der Waals surface area contributed by atoms with Gasteiger partial charge in [-0.15, -0.1) is 0 Å². The average molecular weight is 748 g/mol. The largest absolute Gasteiger partial charge is 0.508 e. The molecule has 8 N–H and O–H groups in total. The van der Waals surface area contributed by atoms with Crippen LogP contribution < -0.4 is 20.9 Å². The summed E-state index contributed by atoms with van der Waals surface area (Å²) in [6.07, 6.45) is 6.61. The Balaban J connectivity index is 1.11. The summed E-state index contributed by atoms with van der Waals surface area (Å²) < 4.78 is 3.33. The number of anilines is 3. The van der Waals surface area contributed by atoms with Gasteiger partial charge >= 0.3 is 6.03 Å². The van der Waals surface area contributed by atoms with E-state index in [4.69, 9.17) is 15.0 Å². The van der Waals surface area contributed by atoms with E-state index in [1.54, 1.807) is 70.6 Å². The number of phenols is 2. The third-order valence-corrected chi connectivity index (χ3v) is 10.4. The number of benzene rings is 2. The molecule has 1 saturated carbocycles. The van der Waals surface area contributed by atoms with Crippen molar-refractivity contribution < 1.29 is 30.3 Å². The Morgan fingerprint density at radius 1 is 0.927 bits per heavy atom. The number of hydrogen-bond donors (Lipinski definition) is 8. The normalized spacial score (nSPS) is 21.0. The lowest BCUT2D eigenvalue weighted by Gasteiger charge is -2.22. The average Bonchev–Trinajstić information content (AvgIpc) is 4.01. The Hall–Kier alpha value is -6.30. The number of pyridine rings is 1. The molecule has 0 unspecified atom stereocenters. The lowest BCUT2D eigenvalue weighted by Crippen LogP contribution is -2.40. The SMILES string of the molecule is O=C(Nc1cccnc1)N[C@@H]1CCN(c2nc(NCC(c3ccc(O)cc3)c3ccc(O)cc3)c3ncn([C@@H]4C[C@H](n5cc(CO)cn5)[C@@H](O)[C@H]4O)c3n2)C1. The number of aliphatic hydroxyl groups is 3. The van der Waals surface area contributed by atoms with Crippen molar-refractivity contribution in [1.82, 2.24) is 39.6 Å². The number of rotatable bonds is 11. The van der Waals surface area contributed by atoms with Crippen LogP contribution in [0, 0.1) is 0 Å². The summed E-state index contributed by atoms with van der Waals surface area (Å²) in [7, 11) is 0. The second kappa shape index (κ2) is 15.2. The molecule has 2 aromatic carbocycles. The number of phenolic OH excluding ortho intramolecular Hbond substituents is 2. The molecule has 5 heterocycles. The molecule has 0 radical (unpaired) electrons. The molecule has 5 atom stereocenters. The van der Waals surface area contributed by atoms with Crippen LogP contribution >= 0.6 is 0 Å². The van der Waals surface area contributed by atoms with Crippen molar-refractivity contribution in [3.05, 3.63) is 108 Å². The van der Waals surface area contributed by atoms with Crippen molar-refractivity contribution in [2.45, 2.75) is 55.7 Å². The minimum atomic E-state index is -1.17. The van der Waals surface area contributed by atoms with Gasteiger partial charge in [0.1, 0.15) is 23.7 Å². The first-order valence-electron chi connectivity index (χ1n) is 18.0. The lowest BCUT2D eigenvalue weighted by molar-refractivity contribution is 0.00720. The van der Waals surface area contributed by atoms with Crippen LogP contribution in [0.4, 0.5) is 22.2 Å². The molecule has 0 bridgehead atoms. The highest BCUT2D eigenvalue weighted by molar-refractivity contribution is 5.89. The summed E-state index contributed by atoms with van der Waals surface area (Å²) in [5.41, 5.74) is 3.91. The Bertz CT molecular complexity index is 2200. The van der Waals surface area contributed by atoms with Gasteiger partial charge < -0.3 is 51.0 Å². The number of carbonyl (C=O) groups is 1. The molecule has 2 aliphatic rings. The van der Waals surface area contributed by atoms with E-state index in [1.807, 2.05) is 29.2 Å². The van der Waals surface area contributed by atoms with Gasteiger partial charge in [0.25, 0.3) is 0 Å². The maximum atomic E-state index is 12.8. The first-order chi connectivity index (χ1) is 26.7. The lowest BCUT2D eigenvalue weighted by atomic mass is 9.91. The van der Waals surface area contributed by atoms with E-state index in [2.05, 4.69) is 26.0 Å². The van der Waals surface area contributed by atoms with Crippen molar-refractivity contribution in [2.75, 3.05) is 35.2 Å². The first kappa shape index (κ1) is 35.7. The maximum absolute atomic E-state index is 12.8. The van der Waals surface area contributed by atoms with Crippen molar-refractivity contribution in [1.29, 1.82) is 0 Å². The van der Waals surface area contributed by atoms with Gasteiger partial charge in [0.05, 0.1) is 43.1 Å². The van der Waals surface area contributed by atoms with Gasteiger partial charge in [-0.2, -0.15) is 15.1 Å². The van der Waals surface area contributed by atoms with E-state index in [9.17, 15) is 30.3 Å². The molecule has 284 valence electrons. The van der Waals surface area contributed by atoms with Gasteiger partial charge in [-0.1, -0.05) is 24.3 Å². The summed E-state index contributed by atoms with van der Waals surface area (Å²) in [6, 6.07) is 15.7. The summed E-state index contributed by atoms with van der Waals surface area (Å²) >= 11 is 0. The number of imidazole rings is 1. The van der Waals surface area contributed by atoms with Gasteiger partial charge in [-0.25, -0.2) is 9.78 Å². The van der Waals surface area contributed by atoms with E-state index >= 15 is 0 Å². The van der Waals surface area contributed by atoms with Crippen molar-refractivity contribution >= 4 is 34.6 Å². The first-order valence-corrected chi connectivity index (χ1v) is 18.0. The van der Waals surface area contributed by atoms with E-state index in [-0.39, 0.29) is 36.1 Å². The summed E-state index contributed by atoms with van der Waals surface area (Å²) in [5, 5.41) is 65.8. The number of nitrogens with one attached hydrogen (secondary N) is 3. The predicted octanol–water partition coefficient (Wildman–Crippen LogP) is 2.87. The van der Waals surface area contributed by atoms with Crippen molar-refractivity contribution in [3.8, 4) is 11.5 Å². The summed E-state index contributed by atoms with van der Waals surface area (Å²) in [5.74, 6) is 0.898. The second-order valence-electron chi connectivity index (χ2n) is 13.9. The smallest absolute Gasteiger partial charge is 0.319 e. The Morgan fingerprint density at radius 2 is 1.65 bits per heavy atom. The number of amides is 2. The van der Waals surface area contributed by atoms with Crippen LogP contribution in [0.2, 0.25) is 0 Å². The third kappa shape index (κ3) is 7.44. The third-order valence-electron chi connectivity index (χ3n) is 10.4. The summed E-state index contributed by atoms with van der Waals surface area (Å²) in [6.45, 7) is 1.15. The molecule has 6 aromatic rings. The van der Waals surface area contributed by atoms with Crippen LogP contribution in [0.3, 0.4) is 0 Å². The van der Waals surface area contributed by atoms with E-state index in [0.717, 1.165) is 11.1 Å². The molecular weight excluding hydrogens is 706 g/mol. The molecule has 2 amide bonds. The molecule has 17 heteroatoms. The van der Waals surface area contributed by atoms with Crippen LogP contribution in [-0.4, -0.2) is 104 Å². The molecular formula is C38H41N11O6. The number of urea groups is 1. The highest BCUT2D eigenvalue weighted by atomic mass is 16.3. The van der Waals surface area contributed by atoms with Gasteiger partial charge in [0.2, 0.25) is 5.95 Å². The topological polar surface area (TPSA) is 232 Å². The fraction of sp³-hybridized carbons (Fsp3) is 0.316. The van der Waals surface area contributed by atoms with Crippen LogP contribution in [0.15, 0.2) is 91.8 Å². The van der Waals surface area contributed by atoms with Gasteiger partial charge in [0.15, 0.2) is 17.0 Å². The minimum Gasteiger partial charge on any atom is -0.508 e. The van der Waals surface area contributed by atoms with E-state index in [1.165, 1.54) is 6.20 Å². The van der Waals surface area contributed by atoms with Crippen molar-refractivity contribution in [3.63, 3.8) is 0 Å². The highest BCUT2D eigenvalue weighted by Crippen LogP contribution is 2.40. The molecule has 1 aliphatic carbocycles. The minimum absolute atomic E-state index is 0.143. The molecule has 8 rings (SSSR count). The number of aliphatic hydroxyl groups excluding tert-OH is 3. The number of carbonyl (C=O) groups excluding carboxylic acids is 1. The van der Waals surface area contributed by atoms with Crippen molar-refractivity contribution in [2.24, 2.45) is 0 Å². The molecule has 2 fully saturated rings. The van der Waals surface area contributed by atoms with E-state index < -0.39 is 24.3 Å². The zero-order chi connectivity index (χ0) is 38.1. The Labute approximate surface area is 315 Å². The molecule has 1 aliphatic heterocycles. The van der Waals surface area contributed by atoms with Gasteiger partial charge in [0, 0.05) is 49.6 Å². The zero-order valence-corrected chi connectivity index (χ0v) is 29.6. The van der Waals surface area contributed by atoms with Crippen LogP contribution in [0.25, 0.3) is 11.2 Å². The van der Waals surface area contributed by atoms with Gasteiger partial charge in [-0.05, 0) is 60.4 Å². The molecule has 1 saturated heterocycles. The standard InChI is InChI=1S/C38H41N11O6/c50-20-22-15-42-49(18-22)31-14-30(33(53)34(31)54)48-21-41-32-35(40-17-29(23-3-7-27(51)8-4-23)24-5-9-28(52)10-6-24)45-37(46-36(32)48)47-13-11-26(19-47)44-38(55)43-25-2-1-12-39-16-25/h1-10,12,15-16,18,21,26,29-31,33-34,50-54H,11,13-14,17,19-20H2,(H,40,45,46)(H2,43,44,55)/t26-,30-,31+,33+,34-/m1/s1. The predicted molar refractivity (Wildman–Crippen MR) is 202 cm³/mol. The number of hydrogen-bond acceptors (Lipinski definition) is 13. The molecule has 0 spiro atoms. The van der Waals surface area contributed by atoms with Crippen LogP contribution in [0.5, 0.6) is 11.5 Å². The Kier molecular flexibility index (Phi) is 9.88. The van der Waals surface area contributed by atoms with E-state index in [0.29, 0.717) is 66.7 Å². The quantitative estimate of drug-likeness (QED) is 0.0954. The monoisotopic (exact) mass is 747 g/mol. The maximum Gasteiger partial charge on any atom is 0.319 e. The summed E-state index contributed by atoms with van der Waals surface area (Å²) in [4.78, 5) is 33.5. The number of fused-ring (bicyclic) bond motifs is 1. The van der Waals surface area contributed by atoms with Gasteiger partial charge in [-0.3, -0.25) is 9.67 Å². The second-order valence-corrected chi connectivity index (χ2v) is 13.9. The molecule has 55 heavy (non-hydrogen) atoms. The number of aromatic hydroxyl groups is 2. The number of nitrogens with zero attached hydrogens (tertiary/aromatic N) is 8. The Morgan fingerprint density at radius 3 is 2.33 bits per heavy atom. The fourth-order valence-corrected chi connectivity index (χ4v) is 7.47. The fourth-order valence-electron chi connectivity index (χ4n) is 7.47. The molecule has 17 nitrogen and oxygen atoms in total. The highest BCUT2D eigenvalue weighted by Gasteiger charge is 2.44. The van der Waals surface area contributed by atoms with Crippen LogP contribution in [0.1, 0.15) is 47.5 Å². The zero-order valence-electron chi connectivity index (χ0n) is 29.6. The number of aromatic nitrogens is 7.